The van der Waals surface area contributed by atoms with Gasteiger partial charge in [-0.3, -0.25) is 4.79 Å². The summed E-state index contributed by atoms with van der Waals surface area (Å²) in [5.41, 5.74) is 5.51. The summed E-state index contributed by atoms with van der Waals surface area (Å²) < 4.78 is 5.05. The Bertz CT molecular complexity index is 145. The molecule has 0 aliphatic rings. The molecule has 0 heterocycles. The Hall–Kier alpha value is -0.670. The average Bonchev–Trinajstić information content (AvgIpc) is 2.05. The van der Waals surface area contributed by atoms with Crippen LogP contribution in [0.5, 0.6) is 0 Å². The topological polar surface area (TPSA) is 52.3 Å². The molecule has 3 heteroatoms. The lowest BCUT2D eigenvalue weighted by Gasteiger charge is -2.07. The van der Waals surface area contributed by atoms with Gasteiger partial charge in [0.1, 0.15) is 6.61 Å². The molecule has 0 saturated heterocycles. The number of hydrogen-bond acceptors (Lipinski definition) is 3. The average molecular weight is 171 g/mol. The van der Waals surface area contributed by atoms with Crippen LogP contribution in [0.15, 0.2) is 12.7 Å². The molecular formula is C9H17NO2. The van der Waals surface area contributed by atoms with Gasteiger partial charge < -0.3 is 10.5 Å². The van der Waals surface area contributed by atoms with E-state index in [4.69, 9.17) is 10.5 Å². The summed E-state index contributed by atoms with van der Waals surface area (Å²) in [6, 6.07) is -0.445. The SMILES string of the molecule is C=CCC(N)C(=O)COCCC. The van der Waals surface area contributed by atoms with Crippen molar-refractivity contribution < 1.29 is 9.53 Å². The molecule has 0 amide bonds. The van der Waals surface area contributed by atoms with Crippen molar-refractivity contribution in [2.24, 2.45) is 5.73 Å². The van der Waals surface area contributed by atoms with Crippen LogP contribution in [0, 0.1) is 0 Å². The minimum Gasteiger partial charge on any atom is -0.374 e. The summed E-state index contributed by atoms with van der Waals surface area (Å²) in [5.74, 6) is -0.0525. The van der Waals surface area contributed by atoms with E-state index in [1.54, 1.807) is 6.08 Å². The molecule has 0 aliphatic carbocycles. The van der Waals surface area contributed by atoms with E-state index in [1.165, 1.54) is 0 Å². The molecule has 0 spiro atoms. The first kappa shape index (κ1) is 11.3. The van der Waals surface area contributed by atoms with Gasteiger partial charge in [0.25, 0.3) is 0 Å². The highest BCUT2D eigenvalue weighted by Crippen LogP contribution is 1.92. The van der Waals surface area contributed by atoms with E-state index in [1.807, 2.05) is 6.92 Å². The van der Waals surface area contributed by atoms with Crippen molar-refractivity contribution in [3.05, 3.63) is 12.7 Å². The van der Waals surface area contributed by atoms with Gasteiger partial charge in [0.15, 0.2) is 5.78 Å². The monoisotopic (exact) mass is 171 g/mol. The third-order valence-corrected chi connectivity index (χ3v) is 1.43. The minimum atomic E-state index is -0.445. The highest BCUT2D eigenvalue weighted by molar-refractivity contribution is 5.85. The molecule has 2 N–H and O–H groups in total. The molecule has 1 atom stereocenters. The van der Waals surface area contributed by atoms with Gasteiger partial charge in [-0.05, 0) is 12.8 Å². The molecule has 1 unspecified atom stereocenters. The molecule has 12 heavy (non-hydrogen) atoms. The van der Waals surface area contributed by atoms with Crippen LogP contribution in [0.3, 0.4) is 0 Å². The zero-order valence-electron chi connectivity index (χ0n) is 7.58. The summed E-state index contributed by atoms with van der Waals surface area (Å²) >= 11 is 0. The molecule has 70 valence electrons. The Kier molecular flexibility index (Phi) is 6.61. The van der Waals surface area contributed by atoms with E-state index in [0.717, 1.165) is 6.42 Å². The van der Waals surface area contributed by atoms with Crippen LogP contribution >= 0.6 is 0 Å². The fourth-order valence-corrected chi connectivity index (χ4v) is 0.735. The lowest BCUT2D eigenvalue weighted by Crippen LogP contribution is -2.32. The number of hydrogen-bond donors (Lipinski definition) is 1. The first-order chi connectivity index (χ1) is 5.72. The standard InChI is InChI=1S/C9H17NO2/c1-3-5-8(10)9(11)7-12-6-4-2/h3,8H,1,4-7,10H2,2H3. The van der Waals surface area contributed by atoms with Crippen LogP contribution < -0.4 is 5.73 Å². The number of nitrogens with two attached hydrogens (primary N) is 1. The molecule has 0 bridgehead atoms. The Morgan fingerprint density at radius 1 is 1.75 bits per heavy atom. The van der Waals surface area contributed by atoms with E-state index >= 15 is 0 Å². The number of ketones is 1. The molecule has 0 saturated carbocycles. The minimum absolute atomic E-state index is 0.0525. The van der Waals surface area contributed by atoms with Crippen molar-refractivity contribution in [1.29, 1.82) is 0 Å². The Morgan fingerprint density at radius 2 is 2.42 bits per heavy atom. The number of rotatable bonds is 7. The van der Waals surface area contributed by atoms with Crippen molar-refractivity contribution in [3.8, 4) is 0 Å². The largest absolute Gasteiger partial charge is 0.374 e. The van der Waals surface area contributed by atoms with Crippen LogP contribution in [0.1, 0.15) is 19.8 Å². The van der Waals surface area contributed by atoms with E-state index in [0.29, 0.717) is 13.0 Å². The second-order valence-corrected chi connectivity index (χ2v) is 2.65. The van der Waals surface area contributed by atoms with Gasteiger partial charge in [0.2, 0.25) is 0 Å². The lowest BCUT2D eigenvalue weighted by atomic mass is 10.1. The van der Waals surface area contributed by atoms with E-state index in [-0.39, 0.29) is 12.4 Å². The first-order valence-electron chi connectivity index (χ1n) is 4.19. The fourth-order valence-electron chi connectivity index (χ4n) is 0.735. The fraction of sp³-hybridized carbons (Fsp3) is 0.667. The number of carbonyl (C=O) groups is 1. The molecule has 0 aromatic carbocycles. The summed E-state index contributed by atoms with van der Waals surface area (Å²) in [7, 11) is 0. The van der Waals surface area contributed by atoms with Gasteiger partial charge in [0.05, 0.1) is 6.04 Å². The second kappa shape index (κ2) is 7.00. The molecule has 0 aromatic heterocycles. The third-order valence-electron chi connectivity index (χ3n) is 1.43. The molecule has 0 fully saturated rings. The van der Waals surface area contributed by atoms with Crippen molar-refractivity contribution in [2.75, 3.05) is 13.2 Å². The predicted molar refractivity (Wildman–Crippen MR) is 48.9 cm³/mol. The normalized spacial score (nSPS) is 12.5. The summed E-state index contributed by atoms with van der Waals surface area (Å²) in [4.78, 5) is 11.1. The van der Waals surface area contributed by atoms with Gasteiger partial charge in [-0.1, -0.05) is 13.0 Å². The van der Waals surface area contributed by atoms with Gasteiger partial charge >= 0.3 is 0 Å². The number of carbonyl (C=O) groups excluding carboxylic acids is 1. The number of Topliss-reactive ketones (excluding diaryl/α,β-unsaturated/α-hetero) is 1. The molecule has 3 nitrogen and oxygen atoms in total. The summed E-state index contributed by atoms with van der Waals surface area (Å²) in [5, 5.41) is 0. The molecule has 0 rings (SSSR count). The summed E-state index contributed by atoms with van der Waals surface area (Å²) in [6.07, 6.45) is 3.08. The van der Waals surface area contributed by atoms with Gasteiger partial charge in [-0.15, -0.1) is 6.58 Å². The maximum atomic E-state index is 11.1. The van der Waals surface area contributed by atoms with Crippen molar-refractivity contribution in [3.63, 3.8) is 0 Å². The van der Waals surface area contributed by atoms with E-state index in [2.05, 4.69) is 6.58 Å². The lowest BCUT2D eigenvalue weighted by molar-refractivity contribution is -0.124. The van der Waals surface area contributed by atoms with Gasteiger partial charge in [-0.2, -0.15) is 0 Å². The van der Waals surface area contributed by atoms with Crippen LogP contribution in [0.25, 0.3) is 0 Å². The third kappa shape index (κ3) is 5.04. The highest BCUT2D eigenvalue weighted by atomic mass is 16.5. The predicted octanol–water partition coefficient (Wildman–Crippen LogP) is 0.885. The maximum Gasteiger partial charge on any atom is 0.175 e. The van der Waals surface area contributed by atoms with Crippen LogP contribution in [-0.2, 0) is 9.53 Å². The summed E-state index contributed by atoms with van der Waals surface area (Å²) in [6.45, 7) is 6.25. The smallest absolute Gasteiger partial charge is 0.175 e. The van der Waals surface area contributed by atoms with Crippen LogP contribution in [0.4, 0.5) is 0 Å². The molecule has 0 aliphatic heterocycles. The van der Waals surface area contributed by atoms with Gasteiger partial charge in [-0.25, -0.2) is 0 Å². The quantitative estimate of drug-likeness (QED) is 0.457. The Labute approximate surface area is 73.6 Å². The zero-order chi connectivity index (χ0) is 9.40. The molecule has 0 radical (unpaired) electrons. The van der Waals surface area contributed by atoms with Crippen LogP contribution in [0.2, 0.25) is 0 Å². The zero-order valence-corrected chi connectivity index (χ0v) is 7.58. The van der Waals surface area contributed by atoms with Crippen molar-refractivity contribution in [2.45, 2.75) is 25.8 Å². The van der Waals surface area contributed by atoms with Gasteiger partial charge in [0, 0.05) is 6.61 Å². The number of ether oxygens (including phenoxy) is 1. The van der Waals surface area contributed by atoms with E-state index in [9.17, 15) is 4.79 Å². The van der Waals surface area contributed by atoms with Crippen molar-refractivity contribution >= 4 is 5.78 Å². The Balaban J connectivity index is 3.49. The van der Waals surface area contributed by atoms with E-state index < -0.39 is 6.04 Å². The molecular weight excluding hydrogens is 154 g/mol. The highest BCUT2D eigenvalue weighted by Gasteiger charge is 2.10. The maximum absolute atomic E-state index is 11.1. The first-order valence-corrected chi connectivity index (χ1v) is 4.19. The van der Waals surface area contributed by atoms with Crippen LogP contribution in [-0.4, -0.2) is 25.0 Å². The van der Waals surface area contributed by atoms with Crippen molar-refractivity contribution in [1.82, 2.24) is 0 Å². The molecule has 0 aromatic rings. The second-order valence-electron chi connectivity index (χ2n) is 2.65. The Morgan fingerprint density at radius 3 is 2.92 bits per heavy atom.